The van der Waals surface area contributed by atoms with E-state index in [1.54, 1.807) is 18.3 Å². The zero-order valence-electron chi connectivity index (χ0n) is 16.5. The standard InChI is InChI=1S/C23H19N5O2/c1-23(2)11-10-17-12-15(8-9-19(17)30-23)14-25-28-22-26-20(16-6-4-3-5-7-16)18(13-24)21(29)27-22/h3-12,14H,1-2H3,(H2,26,27,28,29). The van der Waals surface area contributed by atoms with Gasteiger partial charge in [0.05, 0.1) is 11.9 Å². The molecule has 1 aliphatic heterocycles. The highest BCUT2D eigenvalue weighted by Crippen LogP contribution is 2.31. The van der Waals surface area contributed by atoms with E-state index in [4.69, 9.17) is 4.74 Å². The van der Waals surface area contributed by atoms with Crippen LogP contribution in [0.25, 0.3) is 17.3 Å². The van der Waals surface area contributed by atoms with Crippen molar-refractivity contribution in [3.8, 4) is 23.1 Å². The van der Waals surface area contributed by atoms with Crippen molar-refractivity contribution in [2.45, 2.75) is 19.4 Å². The number of nitriles is 1. The second kappa shape index (κ2) is 7.68. The number of hydrogen-bond acceptors (Lipinski definition) is 6. The highest BCUT2D eigenvalue weighted by atomic mass is 16.5. The van der Waals surface area contributed by atoms with Gasteiger partial charge in [-0.05, 0) is 43.7 Å². The Bertz CT molecular complexity index is 1250. The van der Waals surface area contributed by atoms with E-state index in [-0.39, 0.29) is 17.1 Å². The number of rotatable bonds is 4. The van der Waals surface area contributed by atoms with Crippen molar-refractivity contribution in [2.24, 2.45) is 5.10 Å². The molecule has 1 aliphatic rings. The van der Waals surface area contributed by atoms with Crippen LogP contribution in [0.15, 0.2) is 64.5 Å². The number of ether oxygens (including phenoxy) is 1. The second-order valence-electron chi connectivity index (χ2n) is 7.32. The van der Waals surface area contributed by atoms with Crippen molar-refractivity contribution in [2.75, 3.05) is 5.43 Å². The minimum atomic E-state index is -0.525. The third-order valence-corrected chi connectivity index (χ3v) is 4.53. The van der Waals surface area contributed by atoms with Gasteiger partial charge in [0.25, 0.3) is 5.56 Å². The summed E-state index contributed by atoms with van der Waals surface area (Å²) in [7, 11) is 0. The Labute approximate surface area is 173 Å². The van der Waals surface area contributed by atoms with E-state index in [0.717, 1.165) is 16.9 Å². The number of anilines is 1. The van der Waals surface area contributed by atoms with Gasteiger partial charge in [0.2, 0.25) is 5.95 Å². The van der Waals surface area contributed by atoms with Crippen LogP contribution < -0.4 is 15.7 Å². The van der Waals surface area contributed by atoms with Crippen LogP contribution in [-0.2, 0) is 0 Å². The Morgan fingerprint density at radius 1 is 1.23 bits per heavy atom. The molecule has 0 spiro atoms. The molecule has 7 nitrogen and oxygen atoms in total. The summed E-state index contributed by atoms with van der Waals surface area (Å²) in [5, 5.41) is 13.5. The van der Waals surface area contributed by atoms with Crippen molar-refractivity contribution >= 4 is 18.2 Å². The molecular weight excluding hydrogens is 378 g/mol. The van der Waals surface area contributed by atoms with Crippen LogP contribution >= 0.6 is 0 Å². The third kappa shape index (κ3) is 3.98. The maximum absolute atomic E-state index is 12.3. The molecule has 0 radical (unpaired) electrons. The highest BCUT2D eigenvalue weighted by Gasteiger charge is 2.21. The van der Waals surface area contributed by atoms with Crippen molar-refractivity contribution in [1.82, 2.24) is 9.97 Å². The Kier molecular flexibility index (Phi) is 4.90. The average molecular weight is 397 g/mol. The predicted octanol–water partition coefficient (Wildman–Crippen LogP) is 3.94. The van der Waals surface area contributed by atoms with Crippen molar-refractivity contribution in [3.63, 3.8) is 0 Å². The molecule has 2 N–H and O–H groups in total. The van der Waals surface area contributed by atoms with Gasteiger partial charge in [-0.2, -0.15) is 10.4 Å². The van der Waals surface area contributed by atoms with Crippen LogP contribution in [0.5, 0.6) is 5.75 Å². The lowest BCUT2D eigenvalue weighted by atomic mass is 10.0. The molecule has 0 saturated heterocycles. The molecular formula is C23H19N5O2. The molecule has 3 aromatic rings. The molecule has 0 aliphatic carbocycles. The predicted molar refractivity (Wildman–Crippen MR) is 116 cm³/mol. The summed E-state index contributed by atoms with van der Waals surface area (Å²) >= 11 is 0. The van der Waals surface area contributed by atoms with Crippen molar-refractivity contribution in [1.29, 1.82) is 5.26 Å². The Balaban J connectivity index is 1.57. The van der Waals surface area contributed by atoms with Gasteiger partial charge >= 0.3 is 0 Å². The van der Waals surface area contributed by atoms with E-state index in [2.05, 4.69) is 20.5 Å². The molecule has 148 valence electrons. The summed E-state index contributed by atoms with van der Waals surface area (Å²) < 4.78 is 5.92. The number of aromatic amines is 1. The normalized spacial score (nSPS) is 14.0. The number of nitrogens with one attached hydrogen (secondary N) is 2. The van der Waals surface area contributed by atoms with E-state index in [9.17, 15) is 10.1 Å². The van der Waals surface area contributed by atoms with Crippen LogP contribution in [0.2, 0.25) is 0 Å². The quantitative estimate of drug-likeness (QED) is 0.513. The summed E-state index contributed by atoms with van der Waals surface area (Å²) in [6.45, 7) is 4.00. The molecule has 0 fully saturated rings. The Hall–Kier alpha value is -4.18. The first-order valence-corrected chi connectivity index (χ1v) is 9.36. The summed E-state index contributed by atoms with van der Waals surface area (Å²) in [4.78, 5) is 19.2. The van der Waals surface area contributed by atoms with Crippen molar-refractivity contribution in [3.05, 3.63) is 81.7 Å². The van der Waals surface area contributed by atoms with Gasteiger partial charge in [0, 0.05) is 11.1 Å². The third-order valence-electron chi connectivity index (χ3n) is 4.53. The highest BCUT2D eigenvalue weighted by molar-refractivity contribution is 5.82. The molecule has 0 saturated carbocycles. The van der Waals surface area contributed by atoms with Gasteiger partial charge in [0.15, 0.2) is 0 Å². The molecule has 1 aromatic heterocycles. The summed E-state index contributed by atoms with van der Waals surface area (Å²) in [5.41, 5.74) is 4.64. The average Bonchev–Trinajstić information content (AvgIpc) is 2.73. The fraction of sp³-hybridized carbons (Fsp3) is 0.130. The van der Waals surface area contributed by atoms with E-state index in [1.165, 1.54) is 0 Å². The summed E-state index contributed by atoms with van der Waals surface area (Å²) in [6.07, 6.45) is 5.65. The molecule has 30 heavy (non-hydrogen) atoms. The van der Waals surface area contributed by atoms with E-state index in [0.29, 0.717) is 11.3 Å². The molecule has 2 aromatic carbocycles. The number of H-pyrrole nitrogens is 1. The molecule has 0 unspecified atom stereocenters. The van der Waals surface area contributed by atoms with E-state index >= 15 is 0 Å². The molecule has 0 bridgehead atoms. The molecule has 4 rings (SSSR count). The van der Waals surface area contributed by atoms with Gasteiger partial charge in [-0.3, -0.25) is 9.78 Å². The number of hydrogen-bond donors (Lipinski definition) is 2. The van der Waals surface area contributed by atoms with Crippen LogP contribution in [0.1, 0.15) is 30.5 Å². The number of aromatic nitrogens is 2. The zero-order chi connectivity index (χ0) is 21.1. The number of fused-ring (bicyclic) bond motifs is 1. The Morgan fingerprint density at radius 3 is 2.80 bits per heavy atom. The fourth-order valence-electron chi connectivity index (χ4n) is 3.08. The summed E-state index contributed by atoms with van der Waals surface area (Å²) in [5.74, 6) is 0.968. The lowest BCUT2D eigenvalue weighted by molar-refractivity contribution is 0.159. The van der Waals surface area contributed by atoms with Gasteiger partial charge < -0.3 is 4.74 Å². The monoisotopic (exact) mass is 397 g/mol. The SMILES string of the molecule is CC1(C)C=Cc2cc(C=NNc3nc(-c4ccccc4)c(C#N)c(=O)[nH]3)ccc2O1. The van der Waals surface area contributed by atoms with E-state index < -0.39 is 5.56 Å². The maximum Gasteiger partial charge on any atom is 0.270 e. The largest absolute Gasteiger partial charge is 0.483 e. The molecule has 2 heterocycles. The van der Waals surface area contributed by atoms with Gasteiger partial charge in [-0.25, -0.2) is 10.4 Å². The number of hydrazone groups is 1. The molecule has 0 amide bonds. The summed E-state index contributed by atoms with van der Waals surface area (Å²) in [6, 6.07) is 16.7. The first kappa shape index (κ1) is 19.2. The van der Waals surface area contributed by atoms with E-state index in [1.807, 2.05) is 68.5 Å². The lowest BCUT2D eigenvalue weighted by Gasteiger charge is -2.27. The maximum atomic E-state index is 12.3. The van der Waals surface area contributed by atoms with Crippen molar-refractivity contribution < 1.29 is 4.74 Å². The smallest absolute Gasteiger partial charge is 0.270 e. The number of nitrogens with zero attached hydrogens (tertiary/aromatic N) is 3. The molecule has 0 atom stereocenters. The Morgan fingerprint density at radius 2 is 2.03 bits per heavy atom. The van der Waals surface area contributed by atoms with Crippen LogP contribution in [0.3, 0.4) is 0 Å². The minimum Gasteiger partial charge on any atom is -0.483 e. The second-order valence-corrected chi connectivity index (χ2v) is 7.32. The lowest BCUT2D eigenvalue weighted by Crippen LogP contribution is -2.27. The van der Waals surface area contributed by atoms with Crippen LogP contribution in [0, 0.1) is 11.3 Å². The van der Waals surface area contributed by atoms with Gasteiger partial charge in [0.1, 0.15) is 23.0 Å². The number of benzene rings is 2. The fourth-order valence-corrected chi connectivity index (χ4v) is 3.08. The molecule has 7 heteroatoms. The first-order valence-electron chi connectivity index (χ1n) is 9.36. The van der Waals surface area contributed by atoms with Crippen LogP contribution in [0.4, 0.5) is 5.95 Å². The van der Waals surface area contributed by atoms with Gasteiger partial charge in [-0.1, -0.05) is 36.4 Å². The zero-order valence-corrected chi connectivity index (χ0v) is 16.5. The first-order chi connectivity index (χ1) is 14.4. The topological polar surface area (TPSA) is 103 Å². The minimum absolute atomic E-state index is 0.0415. The van der Waals surface area contributed by atoms with Crippen LogP contribution in [-0.4, -0.2) is 21.8 Å². The van der Waals surface area contributed by atoms with Gasteiger partial charge in [-0.15, -0.1) is 0 Å².